The largest absolute Gasteiger partial charge is 0.468 e. The van der Waals surface area contributed by atoms with Crippen molar-refractivity contribution in [3.63, 3.8) is 0 Å². The van der Waals surface area contributed by atoms with Crippen LogP contribution in [0.25, 0.3) is 0 Å². The Kier molecular flexibility index (Phi) is 5.21. The molecule has 1 atom stereocenters. The molecular weight excluding hydrogens is 225 g/mol. The molecular formula is C9H17F3N2O2. The van der Waals surface area contributed by atoms with E-state index in [9.17, 15) is 18.0 Å². The molecule has 2 N–H and O–H groups in total. The highest BCUT2D eigenvalue weighted by molar-refractivity contribution is 5.80. The fourth-order valence-corrected chi connectivity index (χ4v) is 1.26. The molecule has 0 radical (unpaired) electrons. The summed E-state index contributed by atoms with van der Waals surface area (Å²) in [5.41, 5.74) is 4.32. The van der Waals surface area contributed by atoms with Gasteiger partial charge in [0, 0.05) is 13.1 Å². The maximum Gasteiger partial charge on any atom is 0.390 e. The number of methoxy groups -OCH3 is 1. The highest BCUT2D eigenvalue weighted by Crippen LogP contribution is 2.19. The minimum Gasteiger partial charge on any atom is -0.468 e. The van der Waals surface area contributed by atoms with Gasteiger partial charge in [0.25, 0.3) is 0 Å². The zero-order valence-electron chi connectivity index (χ0n) is 9.60. The van der Waals surface area contributed by atoms with E-state index in [-0.39, 0.29) is 13.1 Å². The van der Waals surface area contributed by atoms with Crippen LogP contribution in [0.2, 0.25) is 0 Å². The number of ether oxygens (including phenoxy) is 1. The number of carbonyl (C=O) groups excluding carboxylic acids is 1. The van der Waals surface area contributed by atoms with Crippen LogP contribution >= 0.6 is 0 Å². The highest BCUT2D eigenvalue weighted by atomic mass is 19.4. The molecule has 1 unspecified atom stereocenters. The fourth-order valence-electron chi connectivity index (χ4n) is 1.26. The molecule has 0 saturated heterocycles. The molecule has 0 spiro atoms. The van der Waals surface area contributed by atoms with Gasteiger partial charge in [-0.15, -0.1) is 0 Å². The Morgan fingerprint density at radius 3 is 2.31 bits per heavy atom. The molecule has 0 aliphatic heterocycles. The van der Waals surface area contributed by atoms with Gasteiger partial charge >= 0.3 is 12.1 Å². The SMILES string of the molecule is COC(=O)C(C)(N)CN(C)CCC(F)(F)F. The lowest BCUT2D eigenvalue weighted by Gasteiger charge is -2.27. The van der Waals surface area contributed by atoms with E-state index in [1.165, 1.54) is 26.0 Å². The molecule has 4 nitrogen and oxygen atoms in total. The van der Waals surface area contributed by atoms with Gasteiger partial charge in [-0.3, -0.25) is 4.79 Å². The summed E-state index contributed by atoms with van der Waals surface area (Å²) in [5, 5.41) is 0. The van der Waals surface area contributed by atoms with Gasteiger partial charge in [0.1, 0.15) is 5.54 Å². The van der Waals surface area contributed by atoms with E-state index in [2.05, 4.69) is 4.74 Å². The lowest BCUT2D eigenvalue weighted by molar-refractivity contribution is -0.147. The van der Waals surface area contributed by atoms with Gasteiger partial charge in [-0.25, -0.2) is 0 Å². The van der Waals surface area contributed by atoms with Gasteiger partial charge in [0.15, 0.2) is 0 Å². The second-order valence-electron chi connectivity index (χ2n) is 4.01. The Morgan fingerprint density at radius 1 is 1.44 bits per heavy atom. The molecule has 0 saturated carbocycles. The summed E-state index contributed by atoms with van der Waals surface area (Å²) in [5.74, 6) is -0.647. The van der Waals surface area contributed by atoms with Crippen molar-refractivity contribution in [1.82, 2.24) is 4.90 Å². The first kappa shape index (κ1) is 15.2. The number of alkyl halides is 3. The van der Waals surface area contributed by atoms with E-state index in [1.807, 2.05) is 0 Å². The maximum absolute atomic E-state index is 11.9. The lowest BCUT2D eigenvalue weighted by Crippen LogP contribution is -2.53. The average molecular weight is 242 g/mol. The highest BCUT2D eigenvalue weighted by Gasteiger charge is 2.32. The normalized spacial score (nSPS) is 16.0. The Hall–Kier alpha value is -0.820. The van der Waals surface area contributed by atoms with Crippen molar-refractivity contribution in [3.8, 4) is 0 Å². The minimum atomic E-state index is -4.20. The van der Waals surface area contributed by atoms with Gasteiger partial charge in [-0.05, 0) is 14.0 Å². The molecule has 16 heavy (non-hydrogen) atoms. The number of rotatable bonds is 5. The first-order valence-electron chi connectivity index (χ1n) is 4.71. The van der Waals surface area contributed by atoms with Gasteiger partial charge in [0.2, 0.25) is 0 Å². The van der Waals surface area contributed by atoms with Crippen molar-refractivity contribution in [2.75, 3.05) is 27.2 Å². The number of hydrogen-bond donors (Lipinski definition) is 1. The van der Waals surface area contributed by atoms with Crippen LogP contribution in [0.1, 0.15) is 13.3 Å². The third kappa shape index (κ3) is 5.92. The van der Waals surface area contributed by atoms with E-state index in [4.69, 9.17) is 5.73 Å². The third-order valence-electron chi connectivity index (χ3n) is 2.03. The number of nitrogens with zero attached hydrogens (tertiary/aromatic N) is 1. The Balaban J connectivity index is 4.14. The topological polar surface area (TPSA) is 55.6 Å². The number of esters is 1. The summed E-state index contributed by atoms with van der Waals surface area (Å²) >= 11 is 0. The van der Waals surface area contributed by atoms with Crippen LogP contribution in [-0.4, -0.2) is 49.8 Å². The van der Waals surface area contributed by atoms with Crippen molar-refractivity contribution in [3.05, 3.63) is 0 Å². The van der Waals surface area contributed by atoms with Crippen molar-refractivity contribution in [2.45, 2.75) is 25.1 Å². The molecule has 0 bridgehead atoms. The zero-order valence-corrected chi connectivity index (χ0v) is 9.60. The molecule has 0 rings (SSSR count). The predicted octanol–water partition coefficient (Wildman–Crippen LogP) is 0.761. The number of carbonyl (C=O) groups is 1. The molecule has 0 aromatic carbocycles. The molecule has 0 aliphatic carbocycles. The van der Waals surface area contributed by atoms with Crippen molar-refractivity contribution in [1.29, 1.82) is 0 Å². The van der Waals surface area contributed by atoms with Crippen LogP contribution in [-0.2, 0) is 9.53 Å². The monoisotopic (exact) mass is 242 g/mol. The van der Waals surface area contributed by atoms with Crippen molar-refractivity contribution < 1.29 is 22.7 Å². The van der Waals surface area contributed by atoms with Crippen LogP contribution in [0.5, 0.6) is 0 Å². The molecule has 7 heteroatoms. The van der Waals surface area contributed by atoms with E-state index in [0.29, 0.717) is 0 Å². The van der Waals surface area contributed by atoms with Crippen molar-refractivity contribution in [2.24, 2.45) is 5.73 Å². The van der Waals surface area contributed by atoms with Gasteiger partial charge in [-0.1, -0.05) is 0 Å². The minimum absolute atomic E-state index is 0.00968. The first-order chi connectivity index (χ1) is 7.08. The van der Waals surface area contributed by atoms with Crippen LogP contribution in [0.3, 0.4) is 0 Å². The van der Waals surface area contributed by atoms with Crippen LogP contribution in [0.4, 0.5) is 13.2 Å². The number of nitrogens with two attached hydrogens (primary N) is 1. The van der Waals surface area contributed by atoms with E-state index >= 15 is 0 Å². The first-order valence-corrected chi connectivity index (χ1v) is 4.71. The van der Waals surface area contributed by atoms with Crippen LogP contribution in [0.15, 0.2) is 0 Å². The summed E-state index contributed by atoms with van der Waals surface area (Å²) in [6.07, 6.45) is -5.13. The lowest BCUT2D eigenvalue weighted by atomic mass is 10.0. The van der Waals surface area contributed by atoms with E-state index < -0.39 is 24.1 Å². The zero-order chi connectivity index (χ0) is 13.0. The van der Waals surface area contributed by atoms with Crippen molar-refractivity contribution >= 4 is 5.97 Å². The standard InChI is InChI=1S/C9H17F3N2O2/c1-8(13,7(15)16-3)6-14(2)5-4-9(10,11)12/h4-6,13H2,1-3H3. The average Bonchev–Trinajstić information content (AvgIpc) is 2.11. The van der Waals surface area contributed by atoms with Gasteiger partial charge < -0.3 is 15.4 Å². The summed E-state index contributed by atoms with van der Waals surface area (Å²) in [6, 6.07) is 0. The number of halogens is 3. The van der Waals surface area contributed by atoms with Crippen LogP contribution < -0.4 is 5.73 Å². The van der Waals surface area contributed by atoms with E-state index in [0.717, 1.165) is 0 Å². The maximum atomic E-state index is 11.9. The molecule has 0 fully saturated rings. The Labute approximate surface area is 92.5 Å². The molecule has 96 valence electrons. The smallest absolute Gasteiger partial charge is 0.390 e. The molecule has 0 aromatic heterocycles. The number of likely N-dealkylation sites (N-methyl/N-ethyl adjacent to an activating group) is 1. The third-order valence-corrected chi connectivity index (χ3v) is 2.03. The second-order valence-corrected chi connectivity index (χ2v) is 4.01. The van der Waals surface area contributed by atoms with Gasteiger partial charge in [0.05, 0.1) is 13.5 Å². The van der Waals surface area contributed by atoms with Gasteiger partial charge in [-0.2, -0.15) is 13.2 Å². The predicted molar refractivity (Wildman–Crippen MR) is 52.8 cm³/mol. The molecule has 0 amide bonds. The molecule has 0 aromatic rings. The number of hydrogen-bond acceptors (Lipinski definition) is 4. The summed E-state index contributed by atoms with van der Waals surface area (Å²) in [4.78, 5) is 12.5. The summed E-state index contributed by atoms with van der Waals surface area (Å²) in [6.45, 7) is 1.23. The Bertz CT molecular complexity index is 241. The summed E-state index contributed by atoms with van der Waals surface area (Å²) < 4.78 is 40.2. The van der Waals surface area contributed by atoms with Crippen LogP contribution in [0, 0.1) is 0 Å². The fraction of sp³-hybridized carbons (Fsp3) is 0.889. The second kappa shape index (κ2) is 5.49. The quantitative estimate of drug-likeness (QED) is 0.723. The molecule has 0 heterocycles. The van der Waals surface area contributed by atoms with E-state index in [1.54, 1.807) is 0 Å². The summed E-state index contributed by atoms with van der Waals surface area (Å²) in [7, 11) is 2.66. The Morgan fingerprint density at radius 2 is 1.94 bits per heavy atom. The molecule has 0 aliphatic rings.